The van der Waals surface area contributed by atoms with E-state index in [9.17, 15) is 4.79 Å². The number of amides is 1. The van der Waals surface area contributed by atoms with Crippen LogP contribution in [0.1, 0.15) is 0 Å². The molecule has 1 fully saturated rings. The third kappa shape index (κ3) is 1.46. The number of anilines is 2. The Morgan fingerprint density at radius 3 is 3.23 bits per heavy atom. The molecule has 22 heavy (non-hydrogen) atoms. The molecule has 0 saturated carbocycles. The first kappa shape index (κ1) is 12.2. The summed E-state index contributed by atoms with van der Waals surface area (Å²) in [7, 11) is 0. The average Bonchev–Trinajstić information content (AvgIpc) is 2.58. The van der Waals surface area contributed by atoms with Crippen LogP contribution in [-0.2, 0) is 4.79 Å². The zero-order valence-electron chi connectivity index (χ0n) is 12.0. The van der Waals surface area contributed by atoms with Crippen molar-refractivity contribution in [1.29, 1.82) is 0 Å². The summed E-state index contributed by atoms with van der Waals surface area (Å²) in [6.07, 6.45) is 3.57. The van der Waals surface area contributed by atoms with Gasteiger partial charge in [0.25, 0.3) is 5.91 Å². The van der Waals surface area contributed by atoms with Gasteiger partial charge >= 0.3 is 0 Å². The number of piperazine rings is 1. The number of aromatic nitrogens is 2. The van der Waals surface area contributed by atoms with Gasteiger partial charge in [-0.2, -0.15) is 0 Å². The molecule has 3 aliphatic rings. The van der Waals surface area contributed by atoms with Crippen LogP contribution < -0.4 is 19.9 Å². The molecule has 1 atom stereocenters. The van der Waals surface area contributed by atoms with Crippen molar-refractivity contribution in [2.45, 2.75) is 6.04 Å². The lowest BCUT2D eigenvalue weighted by Gasteiger charge is -2.47. The lowest BCUT2D eigenvalue weighted by atomic mass is 10.0. The Bertz CT molecular complexity index is 793. The fourth-order valence-corrected chi connectivity index (χ4v) is 3.63. The summed E-state index contributed by atoms with van der Waals surface area (Å²) in [5.74, 6) is 0.694. The maximum atomic E-state index is 12.8. The second-order valence-corrected chi connectivity index (χ2v) is 5.76. The van der Waals surface area contributed by atoms with Crippen LogP contribution in [0.25, 0.3) is 10.9 Å². The largest absolute Gasteiger partial charge is 0.474 e. The Morgan fingerprint density at radius 1 is 1.32 bits per heavy atom. The molecule has 0 aromatic carbocycles. The first-order chi connectivity index (χ1) is 10.8. The molecule has 1 N–H and O–H groups in total. The minimum atomic E-state index is -0.155. The molecule has 1 unspecified atom stereocenters. The van der Waals surface area contributed by atoms with Gasteiger partial charge in [-0.15, -0.1) is 0 Å². The van der Waals surface area contributed by atoms with Gasteiger partial charge in [0.1, 0.15) is 18.3 Å². The summed E-state index contributed by atoms with van der Waals surface area (Å²) < 4.78 is 5.74. The fourth-order valence-electron chi connectivity index (χ4n) is 3.63. The molecule has 7 nitrogen and oxygen atoms in total. The molecule has 2 aromatic heterocycles. The van der Waals surface area contributed by atoms with E-state index in [0.29, 0.717) is 25.6 Å². The monoisotopic (exact) mass is 297 g/mol. The lowest BCUT2D eigenvalue weighted by molar-refractivity contribution is -0.120. The molecule has 1 saturated heterocycles. The van der Waals surface area contributed by atoms with Crippen molar-refractivity contribution in [2.24, 2.45) is 0 Å². The Morgan fingerprint density at radius 2 is 2.27 bits per heavy atom. The van der Waals surface area contributed by atoms with Crippen LogP contribution in [0.15, 0.2) is 18.5 Å². The van der Waals surface area contributed by atoms with E-state index in [-0.39, 0.29) is 11.9 Å². The van der Waals surface area contributed by atoms with Gasteiger partial charge in [-0.3, -0.25) is 9.78 Å². The minimum Gasteiger partial charge on any atom is -0.474 e. The summed E-state index contributed by atoms with van der Waals surface area (Å²) >= 11 is 0. The summed E-state index contributed by atoms with van der Waals surface area (Å²) in [4.78, 5) is 25.7. The van der Waals surface area contributed by atoms with Gasteiger partial charge in [-0.1, -0.05) is 0 Å². The Kier molecular flexibility index (Phi) is 2.38. The molecule has 1 amide bonds. The Hall–Kier alpha value is -2.41. The van der Waals surface area contributed by atoms with E-state index in [4.69, 9.17) is 4.74 Å². The van der Waals surface area contributed by atoms with E-state index >= 15 is 0 Å². The smallest absolute Gasteiger partial charge is 0.251 e. The first-order valence-electron chi connectivity index (χ1n) is 7.54. The summed E-state index contributed by atoms with van der Waals surface area (Å²) in [6, 6.07) is 1.74. The van der Waals surface area contributed by atoms with Crippen LogP contribution in [-0.4, -0.2) is 54.7 Å². The van der Waals surface area contributed by atoms with Crippen molar-refractivity contribution in [3.8, 4) is 5.88 Å². The van der Waals surface area contributed by atoms with E-state index in [1.54, 1.807) is 6.20 Å². The molecule has 0 spiro atoms. The molecule has 0 radical (unpaired) electrons. The van der Waals surface area contributed by atoms with E-state index in [1.807, 2.05) is 17.2 Å². The molecular formula is C15H15N5O2. The number of carbonyl (C=O) groups is 1. The van der Waals surface area contributed by atoms with Crippen molar-refractivity contribution in [1.82, 2.24) is 15.3 Å². The molecule has 5 rings (SSSR count). The topological polar surface area (TPSA) is 70.6 Å². The van der Waals surface area contributed by atoms with Crippen LogP contribution in [0, 0.1) is 0 Å². The van der Waals surface area contributed by atoms with Crippen LogP contribution in [0.2, 0.25) is 0 Å². The van der Waals surface area contributed by atoms with Crippen molar-refractivity contribution in [2.75, 3.05) is 42.6 Å². The number of hydrogen-bond acceptors (Lipinski definition) is 6. The summed E-state index contributed by atoms with van der Waals surface area (Å²) in [6.45, 7) is 3.40. The second kappa shape index (κ2) is 4.30. The van der Waals surface area contributed by atoms with E-state index < -0.39 is 0 Å². The number of rotatable bonds is 0. The molecule has 5 heterocycles. The maximum absolute atomic E-state index is 12.8. The number of carbonyl (C=O) groups excluding carboxylic acids is 1. The predicted octanol–water partition coefficient (Wildman–Crippen LogP) is 0.147. The highest BCUT2D eigenvalue weighted by Gasteiger charge is 2.43. The number of ether oxygens (including phenoxy) is 1. The van der Waals surface area contributed by atoms with E-state index in [0.717, 1.165) is 35.4 Å². The van der Waals surface area contributed by atoms with Gasteiger partial charge in [0.2, 0.25) is 5.88 Å². The molecule has 112 valence electrons. The number of nitrogens with one attached hydrogen (secondary N) is 1. The second-order valence-electron chi connectivity index (χ2n) is 5.76. The van der Waals surface area contributed by atoms with Crippen molar-refractivity contribution in [3.05, 3.63) is 18.5 Å². The summed E-state index contributed by atoms with van der Waals surface area (Å²) in [5.41, 5.74) is 2.71. The number of nitrogens with zero attached hydrogens (tertiary/aromatic N) is 4. The van der Waals surface area contributed by atoms with Crippen molar-refractivity contribution >= 4 is 28.2 Å². The van der Waals surface area contributed by atoms with Gasteiger partial charge < -0.3 is 19.9 Å². The first-order valence-corrected chi connectivity index (χ1v) is 7.54. The highest BCUT2D eigenvalue weighted by Crippen LogP contribution is 2.47. The van der Waals surface area contributed by atoms with Crippen LogP contribution in [0.3, 0.4) is 0 Å². The van der Waals surface area contributed by atoms with Gasteiger partial charge in [-0.25, -0.2) is 4.98 Å². The van der Waals surface area contributed by atoms with Crippen LogP contribution in [0.4, 0.5) is 11.4 Å². The minimum absolute atomic E-state index is 0.134. The highest BCUT2D eigenvalue weighted by atomic mass is 16.5. The lowest BCUT2D eigenvalue weighted by Crippen LogP contribution is -2.63. The molecule has 2 aromatic rings. The summed E-state index contributed by atoms with van der Waals surface area (Å²) in [5, 5.41) is 4.30. The third-order valence-electron chi connectivity index (χ3n) is 4.61. The maximum Gasteiger partial charge on any atom is 0.251 e. The zero-order chi connectivity index (χ0) is 14.7. The average molecular weight is 297 g/mol. The Labute approximate surface area is 126 Å². The molecule has 0 aliphatic carbocycles. The Balaban J connectivity index is 1.87. The molecular weight excluding hydrogens is 282 g/mol. The third-order valence-corrected chi connectivity index (χ3v) is 4.61. The van der Waals surface area contributed by atoms with Crippen LogP contribution >= 0.6 is 0 Å². The quantitative estimate of drug-likeness (QED) is 0.746. The van der Waals surface area contributed by atoms with E-state index in [2.05, 4.69) is 20.2 Å². The SMILES string of the molecule is O=C1C2CNCCN2c2c3c(nc4ccncc24)OCCN13. The van der Waals surface area contributed by atoms with Crippen LogP contribution in [0.5, 0.6) is 5.88 Å². The number of hydrogen-bond donors (Lipinski definition) is 1. The zero-order valence-corrected chi connectivity index (χ0v) is 12.0. The number of fused-ring (bicyclic) bond motifs is 4. The van der Waals surface area contributed by atoms with Gasteiger partial charge in [0, 0.05) is 37.4 Å². The van der Waals surface area contributed by atoms with E-state index in [1.165, 1.54) is 0 Å². The number of pyridine rings is 2. The predicted molar refractivity (Wildman–Crippen MR) is 81.4 cm³/mol. The highest BCUT2D eigenvalue weighted by molar-refractivity contribution is 6.13. The van der Waals surface area contributed by atoms with Crippen molar-refractivity contribution in [3.63, 3.8) is 0 Å². The molecule has 7 heteroatoms. The molecule has 0 bridgehead atoms. The standard InChI is InChI=1S/C15H15N5O2/c21-15-11-8-17-3-4-19(11)12-9-7-16-2-1-10(9)18-14-13(12)20(15)5-6-22-14/h1-2,7,11,17H,3-6,8H2. The fraction of sp³-hybridized carbons (Fsp3) is 0.400. The van der Waals surface area contributed by atoms with Gasteiger partial charge in [0.05, 0.1) is 17.7 Å². The van der Waals surface area contributed by atoms with Crippen molar-refractivity contribution < 1.29 is 9.53 Å². The normalized spacial score (nSPS) is 23.1. The molecule has 3 aliphatic heterocycles. The van der Waals surface area contributed by atoms with Gasteiger partial charge in [0.15, 0.2) is 0 Å². The van der Waals surface area contributed by atoms with Gasteiger partial charge in [-0.05, 0) is 6.07 Å².